The lowest BCUT2D eigenvalue weighted by Gasteiger charge is -2.29. The number of carbonyl (C=O) groups excluding carboxylic acids is 1. The van der Waals surface area contributed by atoms with E-state index in [4.69, 9.17) is 4.74 Å². The first-order valence-electron chi connectivity index (χ1n) is 7.01. The summed E-state index contributed by atoms with van der Waals surface area (Å²) in [5, 5.41) is 9.23. The molecule has 2 aliphatic rings. The average molecular weight is 301 g/mol. The molecule has 2 rings (SSSR count). The monoisotopic (exact) mass is 301 g/mol. The molecule has 0 radical (unpaired) electrons. The summed E-state index contributed by atoms with van der Waals surface area (Å²) in [6.45, 7) is 4.79. The molecule has 3 atom stereocenters. The quantitative estimate of drug-likeness (QED) is 0.801. The lowest BCUT2D eigenvalue weighted by molar-refractivity contribution is -0.142. The van der Waals surface area contributed by atoms with Crippen LogP contribution in [-0.2, 0) is 14.3 Å². The van der Waals surface area contributed by atoms with Gasteiger partial charge in [-0.05, 0) is 17.6 Å². The number of hydrogen-bond donors (Lipinski definition) is 1. The third kappa shape index (κ3) is 2.81. The largest absolute Gasteiger partial charge is 0.481 e. The van der Waals surface area contributed by atoms with Gasteiger partial charge in [0.2, 0.25) is 5.91 Å². The van der Waals surface area contributed by atoms with E-state index in [2.05, 4.69) is 0 Å². The number of ether oxygens (including phenoxy) is 1. The molecule has 0 aromatic heterocycles. The lowest BCUT2D eigenvalue weighted by Crippen LogP contribution is -2.44. The summed E-state index contributed by atoms with van der Waals surface area (Å²) in [5.74, 6) is 0.211. The Kier molecular flexibility index (Phi) is 4.64. The number of amides is 1. The first kappa shape index (κ1) is 15.6. The molecule has 1 saturated heterocycles. The van der Waals surface area contributed by atoms with Crippen LogP contribution in [0.3, 0.4) is 0 Å². The van der Waals surface area contributed by atoms with Crippen LogP contribution in [0.2, 0.25) is 0 Å². The van der Waals surface area contributed by atoms with Gasteiger partial charge in [-0.3, -0.25) is 9.59 Å². The molecule has 1 aliphatic carbocycles. The van der Waals surface area contributed by atoms with Gasteiger partial charge in [0.1, 0.15) is 0 Å². The second kappa shape index (κ2) is 5.93. The van der Waals surface area contributed by atoms with Crippen LogP contribution in [0.4, 0.5) is 0 Å². The standard InChI is InChI=1S/C14H23NO4S/c1-14(2)10(11(14)13(17)18)12(16)15(5-6-19-3)9-4-7-20-8-9/h9-11H,4-8H2,1-3H3,(H,17,18)/t9?,10-,11+/m1/s1. The molecule has 0 spiro atoms. The van der Waals surface area contributed by atoms with Gasteiger partial charge < -0.3 is 14.7 Å². The van der Waals surface area contributed by atoms with Crippen LogP contribution in [-0.4, -0.2) is 59.7 Å². The van der Waals surface area contributed by atoms with E-state index in [-0.39, 0.29) is 17.9 Å². The van der Waals surface area contributed by atoms with Crippen LogP contribution in [0.1, 0.15) is 20.3 Å². The zero-order valence-corrected chi connectivity index (χ0v) is 13.1. The Hall–Kier alpha value is -0.750. The van der Waals surface area contributed by atoms with Crippen molar-refractivity contribution in [1.82, 2.24) is 4.90 Å². The summed E-state index contributed by atoms with van der Waals surface area (Å²) in [7, 11) is 1.62. The molecule has 1 saturated carbocycles. The molecule has 1 N–H and O–H groups in total. The molecular weight excluding hydrogens is 278 g/mol. The summed E-state index contributed by atoms with van der Waals surface area (Å²) in [6, 6.07) is 0.230. The van der Waals surface area contributed by atoms with Gasteiger partial charge in [0.05, 0.1) is 18.4 Å². The summed E-state index contributed by atoms with van der Waals surface area (Å²) in [4.78, 5) is 25.8. The normalized spacial score (nSPS) is 31.1. The number of carboxylic acids is 1. The van der Waals surface area contributed by atoms with Crippen molar-refractivity contribution in [3.05, 3.63) is 0 Å². The number of nitrogens with zero attached hydrogens (tertiary/aromatic N) is 1. The molecule has 20 heavy (non-hydrogen) atoms. The molecule has 0 bridgehead atoms. The van der Waals surface area contributed by atoms with Crippen LogP contribution < -0.4 is 0 Å². The molecule has 1 unspecified atom stereocenters. The molecule has 0 aromatic carbocycles. The van der Waals surface area contributed by atoms with E-state index >= 15 is 0 Å². The number of carboxylic acid groups (broad SMARTS) is 1. The summed E-state index contributed by atoms with van der Waals surface area (Å²) >= 11 is 1.85. The van der Waals surface area contributed by atoms with Crippen molar-refractivity contribution >= 4 is 23.6 Å². The maximum Gasteiger partial charge on any atom is 0.307 e. The molecule has 2 fully saturated rings. The van der Waals surface area contributed by atoms with E-state index < -0.39 is 17.3 Å². The number of carbonyl (C=O) groups is 2. The van der Waals surface area contributed by atoms with Gasteiger partial charge in [0, 0.05) is 25.4 Å². The molecule has 0 aromatic rings. The molecule has 5 nitrogen and oxygen atoms in total. The molecule has 114 valence electrons. The van der Waals surface area contributed by atoms with Gasteiger partial charge in [0.25, 0.3) is 0 Å². The molecular formula is C14H23NO4S. The first-order chi connectivity index (χ1) is 9.41. The Morgan fingerprint density at radius 1 is 1.40 bits per heavy atom. The van der Waals surface area contributed by atoms with Crippen molar-refractivity contribution in [3.63, 3.8) is 0 Å². The number of thioether (sulfide) groups is 1. The lowest BCUT2D eigenvalue weighted by atomic mass is 10.1. The van der Waals surface area contributed by atoms with Crippen LogP contribution in [0.25, 0.3) is 0 Å². The van der Waals surface area contributed by atoms with Gasteiger partial charge in [-0.1, -0.05) is 13.8 Å². The Morgan fingerprint density at radius 2 is 2.10 bits per heavy atom. The first-order valence-corrected chi connectivity index (χ1v) is 8.16. The van der Waals surface area contributed by atoms with Crippen LogP contribution >= 0.6 is 11.8 Å². The van der Waals surface area contributed by atoms with E-state index in [1.165, 1.54) is 0 Å². The van der Waals surface area contributed by atoms with Crippen molar-refractivity contribution in [3.8, 4) is 0 Å². The summed E-state index contributed by atoms with van der Waals surface area (Å²) in [6.07, 6.45) is 0.991. The van der Waals surface area contributed by atoms with E-state index in [1.54, 1.807) is 7.11 Å². The third-order valence-corrected chi connectivity index (χ3v) is 5.67. The van der Waals surface area contributed by atoms with Gasteiger partial charge in [-0.25, -0.2) is 0 Å². The Labute approximate surface area is 124 Å². The van der Waals surface area contributed by atoms with Gasteiger partial charge in [-0.15, -0.1) is 0 Å². The number of rotatable bonds is 6. The number of hydrogen-bond acceptors (Lipinski definition) is 4. The topological polar surface area (TPSA) is 66.8 Å². The van der Waals surface area contributed by atoms with Crippen molar-refractivity contribution in [2.24, 2.45) is 17.3 Å². The summed E-state index contributed by atoms with van der Waals surface area (Å²) in [5.41, 5.74) is -0.431. The highest BCUT2D eigenvalue weighted by atomic mass is 32.2. The highest BCUT2D eigenvalue weighted by Gasteiger charge is 2.66. The Morgan fingerprint density at radius 3 is 2.55 bits per heavy atom. The summed E-state index contributed by atoms with van der Waals surface area (Å²) < 4.78 is 5.09. The zero-order chi connectivity index (χ0) is 14.9. The highest BCUT2D eigenvalue weighted by molar-refractivity contribution is 7.99. The Bertz CT molecular complexity index is 393. The van der Waals surface area contributed by atoms with Crippen molar-refractivity contribution in [2.45, 2.75) is 26.3 Å². The SMILES string of the molecule is COCCN(C(=O)[C@H]1[C@@H](C(=O)O)C1(C)C)C1CCSC1. The smallest absolute Gasteiger partial charge is 0.307 e. The van der Waals surface area contributed by atoms with Crippen molar-refractivity contribution in [1.29, 1.82) is 0 Å². The minimum atomic E-state index is -0.860. The van der Waals surface area contributed by atoms with Gasteiger partial charge in [0.15, 0.2) is 0 Å². The van der Waals surface area contributed by atoms with Crippen LogP contribution in [0.5, 0.6) is 0 Å². The van der Waals surface area contributed by atoms with Crippen LogP contribution in [0, 0.1) is 17.3 Å². The second-order valence-corrected chi connectivity index (χ2v) is 7.31. The third-order valence-electron chi connectivity index (χ3n) is 4.53. The maximum atomic E-state index is 12.7. The predicted octanol–water partition coefficient (Wildman–Crippen LogP) is 1.32. The predicted molar refractivity (Wildman–Crippen MR) is 77.7 cm³/mol. The highest BCUT2D eigenvalue weighted by Crippen LogP contribution is 2.59. The van der Waals surface area contributed by atoms with Crippen molar-refractivity contribution < 1.29 is 19.4 Å². The van der Waals surface area contributed by atoms with E-state index in [0.717, 1.165) is 17.9 Å². The maximum absolute atomic E-state index is 12.7. The second-order valence-electron chi connectivity index (χ2n) is 6.16. The molecule has 1 aliphatic heterocycles. The van der Waals surface area contributed by atoms with E-state index in [1.807, 2.05) is 30.5 Å². The zero-order valence-electron chi connectivity index (χ0n) is 12.3. The van der Waals surface area contributed by atoms with Crippen LogP contribution in [0.15, 0.2) is 0 Å². The minimum absolute atomic E-state index is 0.00745. The fraction of sp³-hybridized carbons (Fsp3) is 0.857. The minimum Gasteiger partial charge on any atom is -0.481 e. The van der Waals surface area contributed by atoms with Gasteiger partial charge in [-0.2, -0.15) is 11.8 Å². The fourth-order valence-corrected chi connectivity index (χ4v) is 4.39. The molecule has 6 heteroatoms. The average Bonchev–Trinajstić information content (AvgIpc) is 2.77. The van der Waals surface area contributed by atoms with E-state index in [0.29, 0.717) is 13.2 Å². The van der Waals surface area contributed by atoms with E-state index in [9.17, 15) is 14.7 Å². The Balaban J connectivity index is 2.08. The number of aliphatic carboxylic acids is 1. The number of methoxy groups -OCH3 is 1. The molecule has 1 heterocycles. The molecule has 1 amide bonds. The van der Waals surface area contributed by atoms with Crippen molar-refractivity contribution in [2.75, 3.05) is 31.8 Å². The fourth-order valence-electron chi connectivity index (χ4n) is 3.17. The van der Waals surface area contributed by atoms with Gasteiger partial charge >= 0.3 is 5.97 Å².